The summed E-state index contributed by atoms with van der Waals surface area (Å²) < 4.78 is 0. The van der Waals surface area contributed by atoms with Crippen LogP contribution in [-0.2, 0) is 4.79 Å². The molecule has 1 fully saturated rings. The van der Waals surface area contributed by atoms with Gasteiger partial charge in [-0.2, -0.15) is 0 Å². The minimum Gasteiger partial charge on any atom is -0.352 e. The molecule has 3 nitrogen and oxygen atoms in total. The molecule has 0 bridgehead atoms. The lowest BCUT2D eigenvalue weighted by Gasteiger charge is -2.24. The molecule has 3 heteroatoms. The Hall–Kier alpha value is -0.570. The van der Waals surface area contributed by atoms with E-state index in [0.717, 1.165) is 25.8 Å². The second kappa shape index (κ2) is 6.02. The standard InChI is InChI=1S/C11H22N2O/c1-3-6-9(2)13-11(14)10-7-4-5-8-12-10/h9-10,12H,3-8H2,1-2H3,(H,13,14)/t9?,10-/m1/s1. The second-order valence-corrected chi connectivity index (χ2v) is 4.20. The summed E-state index contributed by atoms with van der Waals surface area (Å²) in [5.41, 5.74) is 0. The number of carbonyl (C=O) groups is 1. The van der Waals surface area contributed by atoms with Gasteiger partial charge in [-0.25, -0.2) is 0 Å². The predicted molar refractivity (Wildman–Crippen MR) is 58.2 cm³/mol. The zero-order valence-electron chi connectivity index (χ0n) is 9.31. The first kappa shape index (κ1) is 11.5. The molecule has 0 aromatic rings. The number of piperidine rings is 1. The molecule has 0 aromatic carbocycles. The maximum absolute atomic E-state index is 11.7. The van der Waals surface area contributed by atoms with Gasteiger partial charge < -0.3 is 10.6 Å². The minimum atomic E-state index is 0.0584. The summed E-state index contributed by atoms with van der Waals surface area (Å²) in [4.78, 5) is 11.7. The topological polar surface area (TPSA) is 41.1 Å². The Morgan fingerprint density at radius 2 is 2.36 bits per heavy atom. The highest BCUT2D eigenvalue weighted by Gasteiger charge is 2.20. The molecule has 0 radical (unpaired) electrons. The van der Waals surface area contributed by atoms with Gasteiger partial charge >= 0.3 is 0 Å². The molecule has 1 rings (SSSR count). The van der Waals surface area contributed by atoms with Crippen molar-refractivity contribution in [1.29, 1.82) is 0 Å². The molecule has 1 saturated heterocycles. The highest BCUT2D eigenvalue weighted by molar-refractivity contribution is 5.82. The van der Waals surface area contributed by atoms with Crippen molar-refractivity contribution in [3.63, 3.8) is 0 Å². The van der Waals surface area contributed by atoms with Crippen LogP contribution in [0.1, 0.15) is 46.0 Å². The van der Waals surface area contributed by atoms with Crippen LogP contribution >= 0.6 is 0 Å². The molecule has 1 heterocycles. The third-order valence-corrected chi connectivity index (χ3v) is 2.74. The van der Waals surface area contributed by atoms with Crippen LogP contribution in [0.3, 0.4) is 0 Å². The summed E-state index contributed by atoms with van der Waals surface area (Å²) in [7, 11) is 0. The lowest BCUT2D eigenvalue weighted by Crippen LogP contribution is -2.48. The van der Waals surface area contributed by atoms with Gasteiger partial charge in [0.05, 0.1) is 6.04 Å². The smallest absolute Gasteiger partial charge is 0.237 e. The van der Waals surface area contributed by atoms with E-state index in [9.17, 15) is 4.79 Å². The van der Waals surface area contributed by atoms with E-state index < -0.39 is 0 Å². The minimum absolute atomic E-state index is 0.0584. The predicted octanol–water partition coefficient (Wildman–Crippen LogP) is 1.43. The van der Waals surface area contributed by atoms with Crippen LogP contribution in [0.5, 0.6) is 0 Å². The Morgan fingerprint density at radius 1 is 1.57 bits per heavy atom. The number of nitrogens with one attached hydrogen (secondary N) is 2. The van der Waals surface area contributed by atoms with Crippen LogP contribution in [0.2, 0.25) is 0 Å². The molecule has 2 atom stereocenters. The van der Waals surface area contributed by atoms with Gasteiger partial charge in [0.15, 0.2) is 0 Å². The quantitative estimate of drug-likeness (QED) is 0.717. The molecular formula is C11H22N2O. The summed E-state index contributed by atoms with van der Waals surface area (Å²) in [6.45, 7) is 5.20. The maximum atomic E-state index is 11.7. The maximum Gasteiger partial charge on any atom is 0.237 e. The van der Waals surface area contributed by atoms with Crippen molar-refractivity contribution in [3.8, 4) is 0 Å². The normalized spacial score (nSPS) is 24.3. The Balaban J connectivity index is 2.25. The Kier molecular flexibility index (Phi) is 4.94. The Morgan fingerprint density at radius 3 is 2.93 bits per heavy atom. The average Bonchev–Trinajstić information content (AvgIpc) is 2.19. The van der Waals surface area contributed by atoms with Crippen LogP contribution in [0.15, 0.2) is 0 Å². The largest absolute Gasteiger partial charge is 0.352 e. The molecule has 1 aliphatic heterocycles. The molecule has 2 N–H and O–H groups in total. The molecule has 0 aliphatic carbocycles. The molecule has 14 heavy (non-hydrogen) atoms. The van der Waals surface area contributed by atoms with Crippen molar-refractivity contribution in [1.82, 2.24) is 10.6 Å². The van der Waals surface area contributed by atoms with Gasteiger partial charge in [-0.3, -0.25) is 4.79 Å². The van der Waals surface area contributed by atoms with Gasteiger partial charge in [0.2, 0.25) is 5.91 Å². The summed E-state index contributed by atoms with van der Waals surface area (Å²) in [6, 6.07) is 0.374. The fourth-order valence-corrected chi connectivity index (χ4v) is 1.92. The first-order valence-electron chi connectivity index (χ1n) is 5.77. The Bertz CT molecular complexity index is 176. The fourth-order valence-electron chi connectivity index (χ4n) is 1.92. The molecule has 82 valence electrons. The lowest BCUT2D eigenvalue weighted by molar-refractivity contribution is -0.124. The second-order valence-electron chi connectivity index (χ2n) is 4.20. The van der Waals surface area contributed by atoms with Crippen molar-refractivity contribution < 1.29 is 4.79 Å². The van der Waals surface area contributed by atoms with Gasteiger partial charge in [-0.15, -0.1) is 0 Å². The van der Waals surface area contributed by atoms with Crippen molar-refractivity contribution in [2.75, 3.05) is 6.54 Å². The fraction of sp³-hybridized carbons (Fsp3) is 0.909. The SMILES string of the molecule is CCCC(C)NC(=O)[C@H]1CCCCN1. The number of carbonyl (C=O) groups excluding carboxylic acids is 1. The highest BCUT2D eigenvalue weighted by atomic mass is 16.2. The zero-order valence-corrected chi connectivity index (χ0v) is 9.31. The molecule has 0 aromatic heterocycles. The lowest BCUT2D eigenvalue weighted by atomic mass is 10.0. The summed E-state index contributed by atoms with van der Waals surface area (Å²) in [5.74, 6) is 0.186. The average molecular weight is 198 g/mol. The van der Waals surface area contributed by atoms with Crippen molar-refractivity contribution >= 4 is 5.91 Å². The van der Waals surface area contributed by atoms with Crippen molar-refractivity contribution in [2.45, 2.75) is 58.0 Å². The number of amides is 1. The van der Waals surface area contributed by atoms with Gasteiger partial charge in [0.25, 0.3) is 0 Å². The van der Waals surface area contributed by atoms with Crippen LogP contribution in [0.4, 0.5) is 0 Å². The van der Waals surface area contributed by atoms with E-state index in [-0.39, 0.29) is 11.9 Å². The first-order valence-corrected chi connectivity index (χ1v) is 5.77. The highest BCUT2D eigenvalue weighted by Crippen LogP contribution is 2.07. The van der Waals surface area contributed by atoms with Crippen LogP contribution in [0, 0.1) is 0 Å². The van der Waals surface area contributed by atoms with Crippen LogP contribution in [0.25, 0.3) is 0 Å². The third kappa shape index (κ3) is 3.66. The molecule has 0 saturated carbocycles. The van der Waals surface area contributed by atoms with E-state index in [1.807, 2.05) is 0 Å². The molecule has 0 spiro atoms. The molecule has 1 unspecified atom stereocenters. The Labute approximate surface area is 86.6 Å². The van der Waals surface area contributed by atoms with Gasteiger partial charge in [0.1, 0.15) is 0 Å². The van der Waals surface area contributed by atoms with E-state index in [4.69, 9.17) is 0 Å². The van der Waals surface area contributed by atoms with E-state index in [2.05, 4.69) is 24.5 Å². The zero-order chi connectivity index (χ0) is 10.4. The third-order valence-electron chi connectivity index (χ3n) is 2.74. The molecule has 1 amide bonds. The number of hydrogen-bond acceptors (Lipinski definition) is 2. The van der Waals surface area contributed by atoms with Crippen molar-refractivity contribution in [3.05, 3.63) is 0 Å². The summed E-state index contributed by atoms with van der Waals surface area (Å²) in [6.07, 6.45) is 5.56. The molecular weight excluding hydrogens is 176 g/mol. The van der Waals surface area contributed by atoms with E-state index in [1.54, 1.807) is 0 Å². The summed E-state index contributed by atoms with van der Waals surface area (Å²) >= 11 is 0. The molecule has 1 aliphatic rings. The number of rotatable bonds is 4. The summed E-state index contributed by atoms with van der Waals surface area (Å²) in [5, 5.41) is 6.30. The first-order chi connectivity index (χ1) is 6.74. The van der Waals surface area contributed by atoms with Crippen LogP contribution in [-0.4, -0.2) is 24.5 Å². The van der Waals surface area contributed by atoms with Crippen molar-refractivity contribution in [2.24, 2.45) is 0 Å². The van der Waals surface area contributed by atoms with E-state index in [1.165, 1.54) is 12.8 Å². The monoisotopic (exact) mass is 198 g/mol. The van der Waals surface area contributed by atoms with Crippen LogP contribution < -0.4 is 10.6 Å². The van der Waals surface area contributed by atoms with Gasteiger partial charge in [-0.05, 0) is 32.7 Å². The number of hydrogen-bond donors (Lipinski definition) is 2. The van der Waals surface area contributed by atoms with Gasteiger partial charge in [0, 0.05) is 6.04 Å². The van der Waals surface area contributed by atoms with Gasteiger partial charge in [-0.1, -0.05) is 19.8 Å². The van der Waals surface area contributed by atoms with E-state index >= 15 is 0 Å². The van der Waals surface area contributed by atoms with E-state index in [0.29, 0.717) is 6.04 Å².